The van der Waals surface area contributed by atoms with Gasteiger partial charge in [-0.15, -0.1) is 0 Å². The number of rotatable bonds is 2. The smallest absolute Gasteiger partial charge is 0.292 e. The van der Waals surface area contributed by atoms with Crippen LogP contribution in [0.1, 0.15) is 46.3 Å². The summed E-state index contributed by atoms with van der Waals surface area (Å²) in [5.41, 5.74) is 3.16. The Bertz CT molecular complexity index is 633. The van der Waals surface area contributed by atoms with Crippen molar-refractivity contribution >= 4 is 5.91 Å². The standard InChI is InChI=1S/C16H18N2O2/c1-11-5-3-6-13(9-11)14-7-4-8-18(14)16(19)15-10-12(2)17-20-15/h3,5-6,9-10,14H,4,7-8H2,1-2H3/t14-/m0/s1. The number of nitrogens with zero attached hydrogens (tertiary/aromatic N) is 2. The predicted molar refractivity (Wildman–Crippen MR) is 75.4 cm³/mol. The first-order valence-electron chi connectivity index (χ1n) is 6.96. The Hall–Kier alpha value is -2.10. The first-order chi connectivity index (χ1) is 9.65. The number of benzene rings is 1. The van der Waals surface area contributed by atoms with Gasteiger partial charge in [-0.2, -0.15) is 0 Å². The lowest BCUT2D eigenvalue weighted by molar-refractivity contribution is 0.0693. The van der Waals surface area contributed by atoms with Gasteiger partial charge in [0, 0.05) is 12.6 Å². The summed E-state index contributed by atoms with van der Waals surface area (Å²) in [7, 11) is 0. The minimum absolute atomic E-state index is 0.0605. The molecule has 1 amide bonds. The van der Waals surface area contributed by atoms with Gasteiger partial charge in [-0.3, -0.25) is 4.79 Å². The summed E-state index contributed by atoms with van der Waals surface area (Å²) in [6.07, 6.45) is 2.03. The summed E-state index contributed by atoms with van der Waals surface area (Å²) in [4.78, 5) is 14.4. The summed E-state index contributed by atoms with van der Waals surface area (Å²) >= 11 is 0. The Labute approximate surface area is 118 Å². The quantitative estimate of drug-likeness (QED) is 0.841. The van der Waals surface area contributed by atoms with Gasteiger partial charge in [-0.05, 0) is 32.3 Å². The molecular formula is C16H18N2O2. The van der Waals surface area contributed by atoms with E-state index in [1.807, 2.05) is 17.9 Å². The second kappa shape index (κ2) is 5.12. The molecule has 3 rings (SSSR count). The molecule has 104 valence electrons. The molecule has 1 atom stereocenters. The van der Waals surface area contributed by atoms with Gasteiger partial charge < -0.3 is 9.42 Å². The number of amides is 1. The van der Waals surface area contributed by atoms with Crippen LogP contribution in [-0.4, -0.2) is 22.5 Å². The fraction of sp³-hybridized carbons (Fsp3) is 0.375. The van der Waals surface area contributed by atoms with Crippen LogP contribution in [-0.2, 0) is 0 Å². The molecule has 1 aliphatic heterocycles. The van der Waals surface area contributed by atoms with Gasteiger partial charge in [-0.25, -0.2) is 0 Å². The van der Waals surface area contributed by atoms with E-state index in [2.05, 4.69) is 30.3 Å². The lowest BCUT2D eigenvalue weighted by atomic mass is 10.0. The highest BCUT2D eigenvalue weighted by molar-refractivity contribution is 5.92. The molecule has 0 N–H and O–H groups in total. The molecule has 20 heavy (non-hydrogen) atoms. The van der Waals surface area contributed by atoms with Crippen molar-refractivity contribution < 1.29 is 9.32 Å². The zero-order valence-electron chi connectivity index (χ0n) is 11.8. The third-order valence-corrected chi connectivity index (χ3v) is 3.78. The first-order valence-corrected chi connectivity index (χ1v) is 6.96. The second-order valence-corrected chi connectivity index (χ2v) is 5.40. The molecule has 1 saturated heterocycles. The van der Waals surface area contributed by atoms with Crippen LogP contribution in [0.4, 0.5) is 0 Å². The van der Waals surface area contributed by atoms with Crippen LogP contribution in [0.2, 0.25) is 0 Å². The molecule has 0 unspecified atom stereocenters. The van der Waals surface area contributed by atoms with Gasteiger partial charge in [0.25, 0.3) is 5.91 Å². The molecule has 0 radical (unpaired) electrons. The van der Waals surface area contributed by atoms with E-state index in [1.54, 1.807) is 6.07 Å². The van der Waals surface area contributed by atoms with Crippen LogP contribution in [0.3, 0.4) is 0 Å². The van der Waals surface area contributed by atoms with Crippen molar-refractivity contribution in [1.82, 2.24) is 10.1 Å². The van der Waals surface area contributed by atoms with Crippen LogP contribution in [0.25, 0.3) is 0 Å². The normalized spacial score (nSPS) is 18.5. The fourth-order valence-corrected chi connectivity index (χ4v) is 2.84. The lowest BCUT2D eigenvalue weighted by Gasteiger charge is -2.24. The zero-order valence-corrected chi connectivity index (χ0v) is 11.8. The maximum absolute atomic E-state index is 12.5. The molecule has 2 aromatic rings. The molecule has 4 nitrogen and oxygen atoms in total. The molecule has 2 heterocycles. The van der Waals surface area contributed by atoms with Gasteiger partial charge in [0.05, 0.1) is 11.7 Å². The highest BCUT2D eigenvalue weighted by atomic mass is 16.5. The molecule has 0 aliphatic carbocycles. The number of hydrogen-bond acceptors (Lipinski definition) is 3. The Balaban J connectivity index is 1.87. The minimum atomic E-state index is -0.0605. The lowest BCUT2D eigenvalue weighted by Crippen LogP contribution is -2.30. The topological polar surface area (TPSA) is 46.3 Å². The summed E-state index contributed by atoms with van der Waals surface area (Å²) in [5, 5.41) is 3.80. The SMILES string of the molecule is Cc1cccc([C@@H]2CCCN2C(=O)c2cc(C)no2)c1. The maximum Gasteiger partial charge on any atom is 0.292 e. The minimum Gasteiger partial charge on any atom is -0.351 e. The maximum atomic E-state index is 12.5. The van der Waals surface area contributed by atoms with Crippen LogP contribution in [0, 0.1) is 13.8 Å². The van der Waals surface area contributed by atoms with Crippen LogP contribution >= 0.6 is 0 Å². The zero-order chi connectivity index (χ0) is 14.1. The molecule has 0 bridgehead atoms. The van der Waals surface area contributed by atoms with E-state index in [0.717, 1.165) is 25.1 Å². The first kappa shape index (κ1) is 12.9. The van der Waals surface area contributed by atoms with E-state index in [-0.39, 0.29) is 11.9 Å². The number of hydrogen-bond donors (Lipinski definition) is 0. The van der Waals surface area contributed by atoms with Gasteiger partial charge in [0.2, 0.25) is 5.76 Å². The van der Waals surface area contributed by atoms with E-state index in [1.165, 1.54) is 11.1 Å². The average Bonchev–Trinajstić information content (AvgIpc) is 3.06. The number of aromatic nitrogens is 1. The van der Waals surface area contributed by atoms with E-state index in [9.17, 15) is 4.79 Å². The highest BCUT2D eigenvalue weighted by Crippen LogP contribution is 2.33. The molecular weight excluding hydrogens is 252 g/mol. The second-order valence-electron chi connectivity index (χ2n) is 5.40. The molecule has 0 spiro atoms. The van der Waals surface area contributed by atoms with Crippen molar-refractivity contribution in [3.63, 3.8) is 0 Å². The van der Waals surface area contributed by atoms with Gasteiger partial charge in [-0.1, -0.05) is 35.0 Å². The Morgan fingerprint density at radius 3 is 2.90 bits per heavy atom. The third kappa shape index (κ3) is 2.33. The van der Waals surface area contributed by atoms with Gasteiger partial charge in [0.15, 0.2) is 0 Å². The van der Waals surface area contributed by atoms with Crippen molar-refractivity contribution in [2.24, 2.45) is 0 Å². The Morgan fingerprint density at radius 1 is 1.35 bits per heavy atom. The number of aryl methyl sites for hydroxylation is 2. The molecule has 1 fully saturated rings. The number of likely N-dealkylation sites (tertiary alicyclic amines) is 1. The Morgan fingerprint density at radius 2 is 2.20 bits per heavy atom. The molecule has 0 saturated carbocycles. The van der Waals surface area contributed by atoms with Crippen molar-refractivity contribution in [2.75, 3.05) is 6.54 Å². The van der Waals surface area contributed by atoms with Crippen molar-refractivity contribution in [3.8, 4) is 0 Å². The third-order valence-electron chi connectivity index (χ3n) is 3.78. The van der Waals surface area contributed by atoms with Crippen molar-refractivity contribution in [3.05, 3.63) is 52.9 Å². The summed E-state index contributed by atoms with van der Waals surface area (Å²) in [6, 6.07) is 10.2. The summed E-state index contributed by atoms with van der Waals surface area (Å²) < 4.78 is 5.11. The van der Waals surface area contributed by atoms with Crippen LogP contribution in [0.15, 0.2) is 34.9 Å². The van der Waals surface area contributed by atoms with Crippen molar-refractivity contribution in [1.29, 1.82) is 0 Å². The van der Waals surface area contributed by atoms with E-state index in [0.29, 0.717) is 5.76 Å². The largest absolute Gasteiger partial charge is 0.351 e. The molecule has 1 aromatic carbocycles. The van der Waals surface area contributed by atoms with E-state index >= 15 is 0 Å². The van der Waals surface area contributed by atoms with Crippen LogP contribution < -0.4 is 0 Å². The number of carbonyl (C=O) groups is 1. The monoisotopic (exact) mass is 270 g/mol. The molecule has 1 aliphatic rings. The predicted octanol–water partition coefficient (Wildman–Crippen LogP) is 3.27. The van der Waals surface area contributed by atoms with Gasteiger partial charge in [0.1, 0.15) is 0 Å². The molecule has 4 heteroatoms. The number of carbonyl (C=O) groups excluding carboxylic acids is 1. The van der Waals surface area contributed by atoms with E-state index < -0.39 is 0 Å². The van der Waals surface area contributed by atoms with E-state index in [4.69, 9.17) is 4.52 Å². The van der Waals surface area contributed by atoms with Gasteiger partial charge >= 0.3 is 0 Å². The van der Waals surface area contributed by atoms with Crippen LogP contribution in [0.5, 0.6) is 0 Å². The Kier molecular flexibility index (Phi) is 3.30. The average molecular weight is 270 g/mol. The molecule has 1 aromatic heterocycles. The van der Waals surface area contributed by atoms with Crippen molar-refractivity contribution in [2.45, 2.75) is 32.7 Å². The fourth-order valence-electron chi connectivity index (χ4n) is 2.84. The highest BCUT2D eigenvalue weighted by Gasteiger charge is 2.32. The summed E-state index contributed by atoms with van der Waals surface area (Å²) in [5.74, 6) is 0.275. The summed E-state index contributed by atoms with van der Waals surface area (Å²) in [6.45, 7) is 4.67.